The minimum atomic E-state index is 0.384. The fraction of sp³-hybridized carbons (Fsp3) is 0.900. The molecule has 3 atom stereocenters. The van der Waals surface area contributed by atoms with Crippen LogP contribution < -0.4 is 0 Å². The van der Waals surface area contributed by atoms with E-state index in [-0.39, 0.29) is 0 Å². The summed E-state index contributed by atoms with van der Waals surface area (Å²) in [6.07, 6.45) is 3.57. The molecule has 0 aromatic carbocycles. The van der Waals surface area contributed by atoms with E-state index in [0.717, 1.165) is 12.3 Å². The predicted molar refractivity (Wildman–Crippen MR) is 46.4 cm³/mol. The van der Waals surface area contributed by atoms with Crippen molar-refractivity contribution in [2.45, 2.75) is 40.0 Å². The van der Waals surface area contributed by atoms with Gasteiger partial charge in [-0.05, 0) is 31.6 Å². The Labute approximate surface area is 69.2 Å². The SMILES string of the molecule is CCC1CC(C)CC1C(C)=O. The van der Waals surface area contributed by atoms with Crippen LogP contribution in [-0.2, 0) is 4.79 Å². The average Bonchev–Trinajstić information content (AvgIpc) is 2.30. The number of ketones is 1. The maximum Gasteiger partial charge on any atom is 0.133 e. The maximum absolute atomic E-state index is 11.2. The van der Waals surface area contributed by atoms with Crippen LogP contribution in [0.1, 0.15) is 40.0 Å². The Morgan fingerprint density at radius 1 is 1.45 bits per heavy atom. The number of hydrogen-bond acceptors (Lipinski definition) is 1. The van der Waals surface area contributed by atoms with Crippen LogP contribution >= 0.6 is 0 Å². The Kier molecular flexibility index (Phi) is 2.69. The van der Waals surface area contributed by atoms with Gasteiger partial charge < -0.3 is 0 Å². The fourth-order valence-corrected chi connectivity index (χ4v) is 2.35. The summed E-state index contributed by atoms with van der Waals surface area (Å²) in [6, 6.07) is 0. The summed E-state index contributed by atoms with van der Waals surface area (Å²) in [6.45, 7) is 6.19. The highest BCUT2D eigenvalue weighted by atomic mass is 16.1. The van der Waals surface area contributed by atoms with Crippen LogP contribution in [0.25, 0.3) is 0 Å². The van der Waals surface area contributed by atoms with E-state index in [1.54, 1.807) is 6.92 Å². The summed E-state index contributed by atoms with van der Waals surface area (Å²) in [4.78, 5) is 11.2. The minimum Gasteiger partial charge on any atom is -0.300 e. The number of rotatable bonds is 2. The van der Waals surface area contributed by atoms with Gasteiger partial charge in [0.15, 0.2) is 0 Å². The van der Waals surface area contributed by atoms with Crippen LogP contribution in [0.15, 0.2) is 0 Å². The molecule has 1 aliphatic carbocycles. The second kappa shape index (κ2) is 3.38. The van der Waals surface area contributed by atoms with Gasteiger partial charge in [0.1, 0.15) is 5.78 Å². The molecule has 0 radical (unpaired) electrons. The minimum absolute atomic E-state index is 0.384. The first kappa shape index (κ1) is 8.76. The van der Waals surface area contributed by atoms with E-state index in [2.05, 4.69) is 13.8 Å². The zero-order valence-corrected chi connectivity index (χ0v) is 7.76. The fourth-order valence-electron chi connectivity index (χ4n) is 2.35. The monoisotopic (exact) mass is 154 g/mol. The second-order valence-electron chi connectivity index (χ2n) is 3.96. The van der Waals surface area contributed by atoms with Crippen LogP contribution in [0.3, 0.4) is 0 Å². The molecule has 0 spiro atoms. The third-order valence-corrected chi connectivity index (χ3v) is 2.98. The van der Waals surface area contributed by atoms with E-state index >= 15 is 0 Å². The Morgan fingerprint density at radius 2 is 2.09 bits per heavy atom. The number of carbonyl (C=O) groups excluding carboxylic acids is 1. The van der Waals surface area contributed by atoms with E-state index in [4.69, 9.17) is 0 Å². The summed E-state index contributed by atoms with van der Waals surface area (Å²) in [7, 11) is 0. The molecule has 0 amide bonds. The molecule has 1 fully saturated rings. The normalized spacial score (nSPS) is 37.5. The number of carbonyl (C=O) groups is 1. The van der Waals surface area contributed by atoms with Gasteiger partial charge in [-0.2, -0.15) is 0 Å². The highest BCUT2D eigenvalue weighted by molar-refractivity contribution is 5.78. The Hall–Kier alpha value is -0.330. The van der Waals surface area contributed by atoms with E-state index in [9.17, 15) is 4.79 Å². The Morgan fingerprint density at radius 3 is 2.45 bits per heavy atom. The van der Waals surface area contributed by atoms with E-state index in [1.165, 1.54) is 12.8 Å². The third-order valence-electron chi connectivity index (χ3n) is 2.98. The van der Waals surface area contributed by atoms with Crippen LogP contribution in [0, 0.1) is 17.8 Å². The summed E-state index contributed by atoms with van der Waals surface area (Å²) < 4.78 is 0. The van der Waals surface area contributed by atoms with Crippen molar-refractivity contribution in [1.29, 1.82) is 0 Å². The Balaban J connectivity index is 2.57. The topological polar surface area (TPSA) is 17.1 Å². The Bertz CT molecular complexity index is 151. The number of hydrogen-bond donors (Lipinski definition) is 0. The molecule has 64 valence electrons. The molecule has 1 aliphatic rings. The lowest BCUT2D eigenvalue weighted by atomic mass is 9.91. The van der Waals surface area contributed by atoms with Gasteiger partial charge in [-0.3, -0.25) is 4.79 Å². The third kappa shape index (κ3) is 1.82. The van der Waals surface area contributed by atoms with Gasteiger partial charge in [0.25, 0.3) is 0 Å². The molecule has 0 saturated heterocycles. The summed E-state index contributed by atoms with van der Waals surface area (Å²) in [5, 5.41) is 0. The van der Waals surface area contributed by atoms with Crippen molar-refractivity contribution in [2.75, 3.05) is 0 Å². The number of Topliss-reactive ketones (excluding diaryl/α,β-unsaturated/α-hetero) is 1. The van der Waals surface area contributed by atoms with Crippen molar-refractivity contribution in [2.24, 2.45) is 17.8 Å². The molecule has 1 saturated carbocycles. The molecule has 11 heavy (non-hydrogen) atoms. The molecule has 1 rings (SSSR count). The molecule has 0 heterocycles. The standard InChI is InChI=1S/C10H18O/c1-4-9-5-7(2)6-10(9)8(3)11/h7,9-10H,4-6H2,1-3H3. The smallest absolute Gasteiger partial charge is 0.133 e. The van der Waals surface area contributed by atoms with E-state index in [1.807, 2.05) is 0 Å². The quantitative estimate of drug-likeness (QED) is 0.597. The van der Waals surface area contributed by atoms with Crippen molar-refractivity contribution in [3.8, 4) is 0 Å². The first-order valence-corrected chi connectivity index (χ1v) is 4.65. The first-order valence-electron chi connectivity index (χ1n) is 4.65. The van der Waals surface area contributed by atoms with Gasteiger partial charge in [-0.25, -0.2) is 0 Å². The molecule has 3 unspecified atom stereocenters. The van der Waals surface area contributed by atoms with Crippen LogP contribution in [-0.4, -0.2) is 5.78 Å². The lowest BCUT2D eigenvalue weighted by Crippen LogP contribution is -2.14. The summed E-state index contributed by atoms with van der Waals surface area (Å²) in [5.74, 6) is 2.24. The van der Waals surface area contributed by atoms with Crippen LogP contribution in [0.2, 0.25) is 0 Å². The molecule has 0 aliphatic heterocycles. The average molecular weight is 154 g/mol. The highest BCUT2D eigenvalue weighted by Gasteiger charge is 2.33. The van der Waals surface area contributed by atoms with Crippen molar-refractivity contribution < 1.29 is 4.79 Å². The van der Waals surface area contributed by atoms with E-state index < -0.39 is 0 Å². The van der Waals surface area contributed by atoms with Gasteiger partial charge in [0.2, 0.25) is 0 Å². The van der Waals surface area contributed by atoms with Crippen molar-refractivity contribution >= 4 is 5.78 Å². The second-order valence-corrected chi connectivity index (χ2v) is 3.96. The van der Waals surface area contributed by atoms with Gasteiger partial charge in [0.05, 0.1) is 0 Å². The molecule has 1 heteroatoms. The summed E-state index contributed by atoms with van der Waals surface area (Å²) in [5.41, 5.74) is 0. The van der Waals surface area contributed by atoms with Crippen LogP contribution in [0.5, 0.6) is 0 Å². The largest absolute Gasteiger partial charge is 0.300 e. The lowest BCUT2D eigenvalue weighted by Gasteiger charge is -2.13. The molecular weight excluding hydrogens is 136 g/mol. The van der Waals surface area contributed by atoms with Crippen molar-refractivity contribution in [3.63, 3.8) is 0 Å². The summed E-state index contributed by atoms with van der Waals surface area (Å²) >= 11 is 0. The van der Waals surface area contributed by atoms with Crippen LogP contribution in [0.4, 0.5) is 0 Å². The van der Waals surface area contributed by atoms with Crippen molar-refractivity contribution in [3.05, 3.63) is 0 Å². The molecular formula is C10H18O. The molecule has 0 aromatic heterocycles. The molecule has 1 nitrogen and oxygen atoms in total. The zero-order valence-electron chi connectivity index (χ0n) is 7.76. The lowest BCUT2D eigenvalue weighted by molar-refractivity contribution is -0.121. The zero-order chi connectivity index (χ0) is 8.43. The molecule has 0 aromatic rings. The predicted octanol–water partition coefficient (Wildman–Crippen LogP) is 2.65. The van der Waals surface area contributed by atoms with Crippen molar-refractivity contribution in [1.82, 2.24) is 0 Å². The maximum atomic E-state index is 11.2. The van der Waals surface area contributed by atoms with Gasteiger partial charge in [0, 0.05) is 5.92 Å². The molecule has 0 bridgehead atoms. The molecule has 0 N–H and O–H groups in total. The highest BCUT2D eigenvalue weighted by Crippen LogP contribution is 2.38. The van der Waals surface area contributed by atoms with Gasteiger partial charge in [-0.15, -0.1) is 0 Å². The van der Waals surface area contributed by atoms with Gasteiger partial charge in [-0.1, -0.05) is 20.3 Å². The van der Waals surface area contributed by atoms with E-state index in [0.29, 0.717) is 17.6 Å². The van der Waals surface area contributed by atoms with Gasteiger partial charge >= 0.3 is 0 Å². The first-order chi connectivity index (χ1) is 5.15.